The van der Waals surface area contributed by atoms with Crippen LogP contribution < -0.4 is 4.74 Å². The Morgan fingerprint density at radius 3 is 2.54 bits per heavy atom. The SMILES string of the molecule is COc1ccccc1-c1nccn1-c1ccc(-c2ccn[nH]2)cc1. The zero-order valence-electron chi connectivity index (χ0n) is 13.2. The van der Waals surface area contributed by atoms with E-state index in [1.807, 2.05) is 36.5 Å². The molecule has 0 bridgehead atoms. The van der Waals surface area contributed by atoms with Gasteiger partial charge in [-0.1, -0.05) is 24.3 Å². The number of hydrogen-bond acceptors (Lipinski definition) is 3. The lowest BCUT2D eigenvalue weighted by Gasteiger charge is -2.11. The third-order valence-corrected chi connectivity index (χ3v) is 3.95. The Morgan fingerprint density at radius 1 is 0.958 bits per heavy atom. The van der Waals surface area contributed by atoms with Crippen molar-refractivity contribution >= 4 is 0 Å². The molecule has 5 heteroatoms. The lowest BCUT2D eigenvalue weighted by Crippen LogP contribution is -1.98. The fourth-order valence-corrected chi connectivity index (χ4v) is 2.76. The Morgan fingerprint density at radius 2 is 1.79 bits per heavy atom. The molecule has 4 aromatic rings. The van der Waals surface area contributed by atoms with Crippen molar-refractivity contribution in [1.29, 1.82) is 0 Å². The molecule has 1 N–H and O–H groups in total. The van der Waals surface area contributed by atoms with Crippen LogP contribution in [0.5, 0.6) is 5.75 Å². The number of nitrogens with zero attached hydrogens (tertiary/aromatic N) is 3. The van der Waals surface area contributed by atoms with Gasteiger partial charge >= 0.3 is 0 Å². The monoisotopic (exact) mass is 316 g/mol. The molecule has 0 fully saturated rings. The third-order valence-electron chi connectivity index (χ3n) is 3.95. The maximum absolute atomic E-state index is 5.46. The molecule has 4 rings (SSSR count). The van der Waals surface area contributed by atoms with Crippen LogP contribution in [0, 0.1) is 0 Å². The smallest absolute Gasteiger partial charge is 0.148 e. The summed E-state index contributed by atoms with van der Waals surface area (Å²) in [6.07, 6.45) is 5.50. The standard InChI is InChI=1S/C19H16N4O/c1-24-18-5-3-2-4-16(18)19-20-12-13-23(19)15-8-6-14(7-9-15)17-10-11-21-22-17/h2-13H,1H3,(H,21,22). The third kappa shape index (κ3) is 2.46. The van der Waals surface area contributed by atoms with Gasteiger partial charge in [0.2, 0.25) is 0 Å². The molecule has 0 spiro atoms. The average molecular weight is 316 g/mol. The van der Waals surface area contributed by atoms with Crippen molar-refractivity contribution < 1.29 is 4.74 Å². The minimum absolute atomic E-state index is 0.805. The van der Waals surface area contributed by atoms with Crippen LogP contribution in [0.3, 0.4) is 0 Å². The lowest BCUT2D eigenvalue weighted by atomic mass is 10.1. The number of aromatic nitrogens is 4. The number of hydrogen-bond donors (Lipinski definition) is 1. The predicted octanol–water partition coefficient (Wildman–Crippen LogP) is 3.94. The van der Waals surface area contributed by atoms with Gasteiger partial charge in [0.15, 0.2) is 0 Å². The van der Waals surface area contributed by atoms with Gasteiger partial charge in [-0.05, 0) is 35.9 Å². The first-order valence-corrected chi connectivity index (χ1v) is 7.64. The molecule has 2 aromatic heterocycles. The second-order valence-corrected chi connectivity index (χ2v) is 5.34. The highest BCUT2D eigenvalue weighted by molar-refractivity contribution is 5.67. The van der Waals surface area contributed by atoms with E-state index in [1.165, 1.54) is 0 Å². The average Bonchev–Trinajstić information content (AvgIpc) is 3.33. The first-order chi connectivity index (χ1) is 11.9. The lowest BCUT2D eigenvalue weighted by molar-refractivity contribution is 0.416. The largest absolute Gasteiger partial charge is 0.496 e. The minimum Gasteiger partial charge on any atom is -0.496 e. The van der Waals surface area contributed by atoms with Crippen molar-refractivity contribution in [2.75, 3.05) is 7.11 Å². The van der Waals surface area contributed by atoms with Gasteiger partial charge in [0.05, 0.1) is 18.4 Å². The summed E-state index contributed by atoms with van der Waals surface area (Å²) in [7, 11) is 1.67. The number of imidazole rings is 1. The highest BCUT2D eigenvalue weighted by Crippen LogP contribution is 2.30. The Labute approximate surface area is 139 Å². The first-order valence-electron chi connectivity index (χ1n) is 7.64. The maximum Gasteiger partial charge on any atom is 0.148 e. The van der Waals surface area contributed by atoms with Crippen LogP contribution in [0.2, 0.25) is 0 Å². The van der Waals surface area contributed by atoms with Gasteiger partial charge in [0.1, 0.15) is 11.6 Å². The van der Waals surface area contributed by atoms with E-state index in [9.17, 15) is 0 Å². The van der Waals surface area contributed by atoms with Crippen molar-refractivity contribution in [2.45, 2.75) is 0 Å². The molecule has 0 unspecified atom stereocenters. The summed E-state index contributed by atoms with van der Waals surface area (Å²) >= 11 is 0. The summed E-state index contributed by atoms with van der Waals surface area (Å²) in [5, 5.41) is 6.96. The molecule has 118 valence electrons. The van der Waals surface area contributed by atoms with Crippen LogP contribution in [0.4, 0.5) is 0 Å². The summed E-state index contributed by atoms with van der Waals surface area (Å²) in [5.74, 6) is 1.65. The van der Waals surface area contributed by atoms with E-state index in [1.54, 1.807) is 19.5 Å². The quantitative estimate of drug-likeness (QED) is 0.620. The van der Waals surface area contributed by atoms with Crippen LogP contribution >= 0.6 is 0 Å². The van der Waals surface area contributed by atoms with Crippen LogP contribution in [-0.4, -0.2) is 26.9 Å². The molecule has 0 amide bonds. The Hall–Kier alpha value is -3.34. The van der Waals surface area contributed by atoms with Gasteiger partial charge in [-0.15, -0.1) is 0 Å². The predicted molar refractivity (Wildman–Crippen MR) is 93.1 cm³/mol. The van der Waals surface area contributed by atoms with E-state index in [4.69, 9.17) is 4.74 Å². The van der Waals surface area contributed by atoms with E-state index in [0.29, 0.717) is 0 Å². The van der Waals surface area contributed by atoms with Gasteiger partial charge in [0.25, 0.3) is 0 Å². The van der Waals surface area contributed by atoms with E-state index in [2.05, 4.69) is 44.0 Å². The number of benzene rings is 2. The molecule has 24 heavy (non-hydrogen) atoms. The molecule has 2 heterocycles. The molecule has 0 saturated heterocycles. The van der Waals surface area contributed by atoms with E-state index in [-0.39, 0.29) is 0 Å². The Bertz CT molecular complexity index is 940. The zero-order chi connectivity index (χ0) is 16.4. The summed E-state index contributed by atoms with van der Waals surface area (Å²) in [6, 6.07) is 18.1. The molecule has 0 atom stereocenters. The second-order valence-electron chi connectivity index (χ2n) is 5.34. The summed E-state index contributed by atoms with van der Waals surface area (Å²) in [6.45, 7) is 0. The molecule has 0 saturated carbocycles. The van der Waals surface area contributed by atoms with Crippen LogP contribution in [0.1, 0.15) is 0 Å². The van der Waals surface area contributed by atoms with E-state index >= 15 is 0 Å². The molecule has 0 aliphatic carbocycles. The molecule has 5 nitrogen and oxygen atoms in total. The normalized spacial score (nSPS) is 10.7. The van der Waals surface area contributed by atoms with E-state index in [0.717, 1.165) is 34.1 Å². The number of aromatic amines is 1. The van der Waals surface area contributed by atoms with Crippen molar-refractivity contribution in [2.24, 2.45) is 0 Å². The van der Waals surface area contributed by atoms with Crippen molar-refractivity contribution in [3.63, 3.8) is 0 Å². The van der Waals surface area contributed by atoms with Gasteiger partial charge in [-0.3, -0.25) is 9.67 Å². The number of methoxy groups -OCH3 is 1. The van der Waals surface area contributed by atoms with Gasteiger partial charge < -0.3 is 4.74 Å². The highest BCUT2D eigenvalue weighted by Gasteiger charge is 2.12. The number of nitrogens with one attached hydrogen (secondary N) is 1. The van der Waals surface area contributed by atoms with Crippen LogP contribution in [0.15, 0.2) is 73.2 Å². The fraction of sp³-hybridized carbons (Fsp3) is 0.0526. The Kier molecular flexibility index (Phi) is 3.59. The Balaban J connectivity index is 1.75. The number of para-hydroxylation sites is 1. The number of ether oxygens (including phenoxy) is 1. The van der Waals surface area contributed by atoms with Crippen molar-refractivity contribution in [3.8, 4) is 34.1 Å². The second kappa shape index (κ2) is 6.04. The molecule has 2 aromatic carbocycles. The van der Waals surface area contributed by atoms with Gasteiger partial charge in [0, 0.05) is 24.3 Å². The van der Waals surface area contributed by atoms with Gasteiger partial charge in [-0.2, -0.15) is 5.10 Å². The molecular weight excluding hydrogens is 300 g/mol. The molecule has 0 aliphatic rings. The number of rotatable bonds is 4. The van der Waals surface area contributed by atoms with Crippen molar-refractivity contribution in [3.05, 3.63) is 73.2 Å². The van der Waals surface area contributed by atoms with Crippen LogP contribution in [-0.2, 0) is 0 Å². The molecule has 0 aliphatic heterocycles. The van der Waals surface area contributed by atoms with Gasteiger partial charge in [-0.25, -0.2) is 4.98 Å². The zero-order valence-corrected chi connectivity index (χ0v) is 13.2. The highest BCUT2D eigenvalue weighted by atomic mass is 16.5. The van der Waals surface area contributed by atoms with Crippen molar-refractivity contribution in [1.82, 2.24) is 19.7 Å². The number of H-pyrrole nitrogens is 1. The molecule has 0 radical (unpaired) electrons. The topological polar surface area (TPSA) is 55.7 Å². The first kappa shape index (κ1) is 14.3. The van der Waals surface area contributed by atoms with E-state index < -0.39 is 0 Å². The minimum atomic E-state index is 0.805. The fourth-order valence-electron chi connectivity index (χ4n) is 2.76. The summed E-state index contributed by atoms with van der Waals surface area (Å²) < 4.78 is 7.51. The summed E-state index contributed by atoms with van der Waals surface area (Å²) in [4.78, 5) is 4.51. The summed E-state index contributed by atoms with van der Waals surface area (Å²) in [5.41, 5.74) is 4.09. The maximum atomic E-state index is 5.46. The molecular formula is C19H16N4O. The van der Waals surface area contributed by atoms with Crippen LogP contribution in [0.25, 0.3) is 28.3 Å².